The van der Waals surface area contributed by atoms with E-state index in [1.54, 1.807) is 12.1 Å². The highest BCUT2D eigenvalue weighted by Gasteiger charge is 2.34. The van der Waals surface area contributed by atoms with Gasteiger partial charge in [0.1, 0.15) is 0 Å². The van der Waals surface area contributed by atoms with Crippen LogP contribution in [0.2, 0.25) is 0 Å². The maximum Gasteiger partial charge on any atom is 0.240 e. The van der Waals surface area contributed by atoms with Crippen LogP contribution in [0.5, 0.6) is 0 Å². The molecule has 0 bridgehead atoms. The number of sulfone groups is 1. The van der Waals surface area contributed by atoms with Crippen molar-refractivity contribution in [3.05, 3.63) is 35.4 Å². The smallest absolute Gasteiger partial charge is 0.240 e. The number of halogens is 1. The van der Waals surface area contributed by atoms with Crippen LogP contribution in [0.3, 0.4) is 0 Å². The molecule has 1 aromatic rings. The Morgan fingerprint density at radius 2 is 1.83 bits per heavy atom. The number of nitrogens with two attached hydrogens (primary N) is 1. The minimum Gasteiger partial charge on any atom is -0.350 e. The molecule has 1 aromatic carbocycles. The van der Waals surface area contributed by atoms with Gasteiger partial charge in [-0.25, -0.2) is 8.42 Å². The summed E-state index contributed by atoms with van der Waals surface area (Å²) in [6, 6.07) is 7.26. The van der Waals surface area contributed by atoms with E-state index in [4.69, 9.17) is 5.73 Å². The summed E-state index contributed by atoms with van der Waals surface area (Å²) in [6.45, 7) is 0.370. The Morgan fingerprint density at radius 1 is 1.22 bits per heavy atom. The fraction of sp³-hybridized carbons (Fsp3) is 0.562. The van der Waals surface area contributed by atoms with Gasteiger partial charge in [-0.2, -0.15) is 0 Å². The highest BCUT2D eigenvalue weighted by atomic mass is 35.5. The second-order valence-corrected chi connectivity index (χ2v) is 8.43. The summed E-state index contributed by atoms with van der Waals surface area (Å²) in [5.74, 6) is -0.101. The molecule has 0 aromatic heterocycles. The van der Waals surface area contributed by atoms with Crippen LogP contribution in [-0.4, -0.2) is 26.1 Å². The zero-order valence-corrected chi connectivity index (χ0v) is 15.0. The minimum absolute atomic E-state index is 0. The number of carbonyl (C=O) groups is 1. The molecular formula is C16H25ClN2O3S. The molecule has 1 aliphatic rings. The monoisotopic (exact) mass is 360 g/mol. The van der Waals surface area contributed by atoms with Crippen LogP contribution >= 0.6 is 12.4 Å². The molecule has 0 aliphatic heterocycles. The maximum atomic E-state index is 12.3. The lowest BCUT2D eigenvalue weighted by Gasteiger charge is -2.31. The van der Waals surface area contributed by atoms with Crippen molar-refractivity contribution in [2.45, 2.75) is 49.9 Å². The third-order valence-corrected chi connectivity index (χ3v) is 4.93. The molecule has 0 atom stereocenters. The van der Waals surface area contributed by atoms with E-state index in [1.165, 1.54) is 6.26 Å². The van der Waals surface area contributed by atoms with Crippen molar-refractivity contribution in [2.24, 2.45) is 5.73 Å². The Kier molecular flexibility index (Phi) is 7.04. The third kappa shape index (κ3) is 6.12. The van der Waals surface area contributed by atoms with Crippen LogP contribution in [0.1, 0.15) is 43.2 Å². The van der Waals surface area contributed by atoms with E-state index in [-0.39, 0.29) is 24.1 Å². The lowest BCUT2D eigenvalue weighted by molar-refractivity contribution is -0.127. The van der Waals surface area contributed by atoms with E-state index >= 15 is 0 Å². The molecular weight excluding hydrogens is 336 g/mol. The van der Waals surface area contributed by atoms with E-state index in [0.29, 0.717) is 6.54 Å². The molecule has 5 nitrogen and oxygen atoms in total. The topological polar surface area (TPSA) is 89.3 Å². The van der Waals surface area contributed by atoms with E-state index in [1.807, 2.05) is 12.1 Å². The van der Waals surface area contributed by atoms with E-state index in [9.17, 15) is 13.2 Å². The Labute approximate surface area is 144 Å². The van der Waals surface area contributed by atoms with Crippen molar-refractivity contribution in [3.8, 4) is 0 Å². The highest BCUT2D eigenvalue weighted by molar-refractivity contribution is 7.89. The Bertz CT molecular complexity index is 640. The first-order valence-corrected chi connectivity index (χ1v) is 9.67. The summed E-state index contributed by atoms with van der Waals surface area (Å²) >= 11 is 0. The summed E-state index contributed by atoms with van der Waals surface area (Å²) in [5.41, 5.74) is 7.06. The van der Waals surface area contributed by atoms with Gasteiger partial charge in [-0.15, -0.1) is 12.4 Å². The maximum absolute atomic E-state index is 12.3. The van der Waals surface area contributed by atoms with Crippen LogP contribution in [0, 0.1) is 0 Å². The molecule has 0 unspecified atom stereocenters. The molecule has 1 aliphatic carbocycles. The number of rotatable bonds is 5. The summed E-state index contributed by atoms with van der Waals surface area (Å²) in [7, 11) is -3.06. The van der Waals surface area contributed by atoms with Crippen LogP contribution in [0.25, 0.3) is 0 Å². The standard InChI is InChI=1S/C16H24N2O3S.ClH/c1-22(20,21)12-14-7-5-6-13(10-14)11-18-15(19)16(17)8-3-2-4-9-16;/h5-7,10H,2-4,8-9,11-12,17H2,1H3,(H,18,19);1H. The van der Waals surface area contributed by atoms with Crippen molar-refractivity contribution in [3.63, 3.8) is 0 Å². The molecule has 130 valence electrons. The first kappa shape index (κ1) is 19.9. The number of hydrogen-bond donors (Lipinski definition) is 2. The molecule has 0 spiro atoms. The summed E-state index contributed by atoms with van der Waals surface area (Å²) < 4.78 is 22.7. The van der Waals surface area contributed by atoms with E-state index < -0.39 is 15.4 Å². The van der Waals surface area contributed by atoms with Crippen LogP contribution in [0.4, 0.5) is 0 Å². The summed E-state index contributed by atoms with van der Waals surface area (Å²) in [4.78, 5) is 12.3. The Morgan fingerprint density at radius 3 is 2.43 bits per heavy atom. The van der Waals surface area contributed by atoms with E-state index in [2.05, 4.69) is 5.32 Å². The first-order valence-electron chi connectivity index (χ1n) is 7.61. The third-order valence-electron chi connectivity index (χ3n) is 4.07. The fourth-order valence-corrected chi connectivity index (χ4v) is 3.69. The largest absolute Gasteiger partial charge is 0.350 e. The second-order valence-electron chi connectivity index (χ2n) is 6.29. The average Bonchev–Trinajstić information content (AvgIpc) is 2.44. The van der Waals surface area contributed by atoms with Gasteiger partial charge in [0.2, 0.25) is 5.91 Å². The van der Waals surface area contributed by atoms with Crippen LogP contribution in [0.15, 0.2) is 24.3 Å². The van der Waals surface area contributed by atoms with Crippen molar-refractivity contribution in [2.75, 3.05) is 6.26 Å². The highest BCUT2D eigenvalue weighted by Crippen LogP contribution is 2.26. The van der Waals surface area contributed by atoms with Crippen molar-refractivity contribution < 1.29 is 13.2 Å². The Balaban J connectivity index is 0.00000264. The molecule has 0 radical (unpaired) electrons. The van der Waals surface area contributed by atoms with Gasteiger partial charge < -0.3 is 11.1 Å². The number of benzene rings is 1. The first-order chi connectivity index (χ1) is 10.3. The zero-order chi connectivity index (χ0) is 16.2. The Hall–Kier alpha value is -1.11. The summed E-state index contributed by atoms with van der Waals surface area (Å²) in [6.07, 6.45) is 5.80. The molecule has 23 heavy (non-hydrogen) atoms. The van der Waals surface area contributed by atoms with Gasteiger partial charge >= 0.3 is 0 Å². The van der Waals surface area contributed by atoms with Gasteiger partial charge in [-0.3, -0.25) is 4.79 Å². The molecule has 7 heteroatoms. The minimum atomic E-state index is -3.06. The second kappa shape index (κ2) is 8.13. The lowest BCUT2D eigenvalue weighted by Crippen LogP contribution is -2.54. The van der Waals surface area contributed by atoms with Gasteiger partial charge in [0, 0.05) is 12.8 Å². The van der Waals surface area contributed by atoms with Gasteiger partial charge in [0.15, 0.2) is 9.84 Å². The number of hydrogen-bond acceptors (Lipinski definition) is 4. The summed E-state index contributed by atoms with van der Waals surface area (Å²) in [5, 5.41) is 2.89. The van der Waals surface area contributed by atoms with Gasteiger partial charge in [0.05, 0.1) is 11.3 Å². The number of nitrogens with one attached hydrogen (secondary N) is 1. The molecule has 1 fully saturated rings. The molecule has 2 rings (SSSR count). The molecule has 3 N–H and O–H groups in total. The van der Waals surface area contributed by atoms with Crippen molar-refractivity contribution >= 4 is 28.2 Å². The SMILES string of the molecule is CS(=O)(=O)Cc1cccc(CNC(=O)C2(N)CCCCC2)c1.Cl. The molecule has 0 heterocycles. The quantitative estimate of drug-likeness (QED) is 0.839. The average molecular weight is 361 g/mol. The van der Waals surface area contributed by atoms with Gasteiger partial charge in [-0.05, 0) is 24.0 Å². The fourth-order valence-electron chi connectivity index (χ4n) is 2.90. The molecule has 1 saturated carbocycles. The number of carbonyl (C=O) groups excluding carboxylic acids is 1. The molecule has 1 amide bonds. The predicted molar refractivity (Wildman–Crippen MR) is 94.1 cm³/mol. The lowest BCUT2D eigenvalue weighted by atomic mass is 9.82. The van der Waals surface area contributed by atoms with Gasteiger partial charge in [-0.1, -0.05) is 43.5 Å². The zero-order valence-electron chi connectivity index (χ0n) is 13.4. The van der Waals surface area contributed by atoms with Gasteiger partial charge in [0.25, 0.3) is 0 Å². The van der Waals surface area contributed by atoms with E-state index in [0.717, 1.165) is 43.2 Å². The predicted octanol–water partition coefficient (Wildman–Crippen LogP) is 1.93. The number of amides is 1. The van der Waals surface area contributed by atoms with Crippen molar-refractivity contribution in [1.29, 1.82) is 0 Å². The molecule has 0 saturated heterocycles. The van der Waals surface area contributed by atoms with Crippen LogP contribution in [-0.2, 0) is 26.9 Å². The van der Waals surface area contributed by atoms with Crippen LogP contribution < -0.4 is 11.1 Å². The van der Waals surface area contributed by atoms with Crippen molar-refractivity contribution in [1.82, 2.24) is 5.32 Å². The normalized spacial score (nSPS) is 17.1.